The van der Waals surface area contributed by atoms with Crippen LogP contribution in [-0.2, 0) is 6.54 Å². The molecule has 1 aliphatic rings. The molecule has 0 aliphatic carbocycles. The summed E-state index contributed by atoms with van der Waals surface area (Å²) in [7, 11) is 0. The molecule has 3 rings (SSSR count). The summed E-state index contributed by atoms with van der Waals surface area (Å²) in [6, 6.07) is 15.2. The van der Waals surface area contributed by atoms with E-state index in [-0.39, 0.29) is 11.6 Å². The van der Waals surface area contributed by atoms with E-state index in [0.29, 0.717) is 18.9 Å². The second-order valence-electron chi connectivity index (χ2n) is 4.78. The van der Waals surface area contributed by atoms with Crippen molar-refractivity contribution in [2.24, 2.45) is 0 Å². The van der Waals surface area contributed by atoms with Crippen LogP contribution >= 0.6 is 0 Å². The molecule has 102 valence electrons. The molecule has 4 nitrogen and oxygen atoms in total. The minimum absolute atomic E-state index is 0.108. The SMILES string of the molecule is O=C(O)c1ccc2c(c1)OC[C@H](c1ccccc1)NC2. The molecule has 0 aromatic heterocycles. The lowest BCUT2D eigenvalue weighted by atomic mass is 10.1. The summed E-state index contributed by atoms with van der Waals surface area (Å²) in [5.41, 5.74) is 2.40. The zero-order valence-electron chi connectivity index (χ0n) is 10.9. The number of carboxylic acid groups (broad SMARTS) is 1. The highest BCUT2D eigenvalue weighted by atomic mass is 16.5. The molecule has 0 radical (unpaired) electrons. The molecule has 2 aromatic carbocycles. The predicted molar refractivity (Wildman–Crippen MR) is 74.9 cm³/mol. The topological polar surface area (TPSA) is 58.6 Å². The van der Waals surface area contributed by atoms with Gasteiger partial charge in [0.05, 0.1) is 11.6 Å². The summed E-state index contributed by atoms with van der Waals surface area (Å²) in [6.07, 6.45) is 0. The molecule has 0 fully saturated rings. The van der Waals surface area contributed by atoms with Crippen LogP contribution in [0.5, 0.6) is 5.75 Å². The van der Waals surface area contributed by atoms with Crippen molar-refractivity contribution in [3.8, 4) is 5.75 Å². The summed E-state index contributed by atoms with van der Waals surface area (Å²) in [5, 5.41) is 12.4. The van der Waals surface area contributed by atoms with Gasteiger partial charge in [0.1, 0.15) is 12.4 Å². The van der Waals surface area contributed by atoms with Gasteiger partial charge in [-0.25, -0.2) is 4.79 Å². The van der Waals surface area contributed by atoms with Crippen LogP contribution in [0.25, 0.3) is 0 Å². The quantitative estimate of drug-likeness (QED) is 0.880. The van der Waals surface area contributed by atoms with Gasteiger partial charge in [-0.1, -0.05) is 36.4 Å². The first-order valence-electron chi connectivity index (χ1n) is 6.51. The normalized spacial score (nSPS) is 17.7. The Kier molecular flexibility index (Phi) is 3.39. The fraction of sp³-hybridized carbons (Fsp3) is 0.188. The Bertz CT molecular complexity index is 625. The van der Waals surface area contributed by atoms with Gasteiger partial charge in [-0.2, -0.15) is 0 Å². The zero-order chi connectivity index (χ0) is 13.9. The third-order valence-electron chi connectivity index (χ3n) is 3.46. The van der Waals surface area contributed by atoms with Crippen molar-refractivity contribution in [3.63, 3.8) is 0 Å². The second kappa shape index (κ2) is 5.35. The van der Waals surface area contributed by atoms with Crippen molar-refractivity contribution in [1.82, 2.24) is 5.32 Å². The lowest BCUT2D eigenvalue weighted by Gasteiger charge is -2.15. The van der Waals surface area contributed by atoms with Gasteiger partial charge in [-0.3, -0.25) is 0 Å². The fourth-order valence-corrected chi connectivity index (χ4v) is 2.33. The largest absolute Gasteiger partial charge is 0.491 e. The summed E-state index contributed by atoms with van der Waals surface area (Å²) >= 11 is 0. The maximum absolute atomic E-state index is 11.0. The molecule has 4 heteroatoms. The van der Waals surface area contributed by atoms with Crippen molar-refractivity contribution in [3.05, 3.63) is 65.2 Å². The average Bonchev–Trinajstić information content (AvgIpc) is 2.70. The van der Waals surface area contributed by atoms with Gasteiger partial charge in [0.15, 0.2) is 0 Å². The number of hydrogen-bond acceptors (Lipinski definition) is 3. The average molecular weight is 269 g/mol. The standard InChI is InChI=1S/C16H15NO3/c18-16(19)12-6-7-13-9-17-14(10-20-15(13)8-12)11-4-2-1-3-5-11/h1-8,14,17H,9-10H2,(H,18,19)/t14-/m1/s1. The van der Waals surface area contributed by atoms with E-state index in [1.807, 2.05) is 18.2 Å². The van der Waals surface area contributed by atoms with Crippen molar-refractivity contribution >= 4 is 5.97 Å². The van der Waals surface area contributed by atoms with E-state index in [1.54, 1.807) is 18.2 Å². The number of fused-ring (bicyclic) bond motifs is 1. The van der Waals surface area contributed by atoms with Crippen LogP contribution in [0, 0.1) is 0 Å². The van der Waals surface area contributed by atoms with Gasteiger partial charge < -0.3 is 15.2 Å². The number of carbonyl (C=O) groups is 1. The highest BCUT2D eigenvalue weighted by Gasteiger charge is 2.19. The van der Waals surface area contributed by atoms with Crippen molar-refractivity contribution < 1.29 is 14.6 Å². The predicted octanol–water partition coefficient (Wildman–Crippen LogP) is 2.61. The van der Waals surface area contributed by atoms with Crippen LogP contribution < -0.4 is 10.1 Å². The summed E-state index contributed by atoms with van der Waals surface area (Å²) in [4.78, 5) is 11.0. The molecule has 1 aliphatic heterocycles. The lowest BCUT2D eigenvalue weighted by molar-refractivity contribution is 0.0696. The Morgan fingerprint density at radius 3 is 2.75 bits per heavy atom. The van der Waals surface area contributed by atoms with Crippen LogP contribution in [0.3, 0.4) is 0 Å². The van der Waals surface area contributed by atoms with Crippen molar-refractivity contribution in [2.45, 2.75) is 12.6 Å². The first kappa shape index (κ1) is 12.7. The van der Waals surface area contributed by atoms with Crippen molar-refractivity contribution in [2.75, 3.05) is 6.61 Å². The summed E-state index contributed by atoms with van der Waals surface area (Å²) < 4.78 is 5.78. The highest BCUT2D eigenvalue weighted by molar-refractivity contribution is 5.88. The molecule has 0 unspecified atom stereocenters. The monoisotopic (exact) mass is 269 g/mol. The minimum atomic E-state index is -0.937. The summed E-state index contributed by atoms with van der Waals surface area (Å²) in [5.74, 6) is -0.288. The van der Waals surface area contributed by atoms with E-state index in [2.05, 4.69) is 17.4 Å². The van der Waals surface area contributed by atoms with E-state index in [0.717, 1.165) is 5.56 Å². The Balaban J connectivity index is 1.83. The smallest absolute Gasteiger partial charge is 0.335 e. The number of benzene rings is 2. The third kappa shape index (κ3) is 2.51. The van der Waals surface area contributed by atoms with E-state index in [9.17, 15) is 4.79 Å². The Hall–Kier alpha value is -2.33. The van der Waals surface area contributed by atoms with Gasteiger partial charge in [0.25, 0.3) is 0 Å². The van der Waals surface area contributed by atoms with Gasteiger partial charge in [0, 0.05) is 12.1 Å². The first-order valence-corrected chi connectivity index (χ1v) is 6.51. The molecule has 0 saturated heterocycles. The Morgan fingerprint density at radius 2 is 2.00 bits per heavy atom. The number of hydrogen-bond donors (Lipinski definition) is 2. The number of nitrogens with one attached hydrogen (secondary N) is 1. The number of aromatic carboxylic acids is 1. The Morgan fingerprint density at radius 1 is 1.20 bits per heavy atom. The molecular weight excluding hydrogens is 254 g/mol. The summed E-state index contributed by atoms with van der Waals surface area (Å²) in [6.45, 7) is 1.15. The molecule has 2 aromatic rings. The fourth-order valence-electron chi connectivity index (χ4n) is 2.33. The second-order valence-corrected chi connectivity index (χ2v) is 4.78. The third-order valence-corrected chi connectivity index (χ3v) is 3.46. The number of ether oxygens (including phenoxy) is 1. The van der Waals surface area contributed by atoms with E-state index >= 15 is 0 Å². The molecule has 0 saturated carbocycles. The van der Waals surface area contributed by atoms with Crippen LogP contribution in [0.15, 0.2) is 48.5 Å². The number of rotatable bonds is 2. The minimum Gasteiger partial charge on any atom is -0.491 e. The molecule has 0 amide bonds. The van der Waals surface area contributed by atoms with Gasteiger partial charge in [0.2, 0.25) is 0 Å². The van der Waals surface area contributed by atoms with E-state index in [4.69, 9.17) is 9.84 Å². The maximum atomic E-state index is 11.0. The van der Waals surface area contributed by atoms with Crippen molar-refractivity contribution in [1.29, 1.82) is 0 Å². The zero-order valence-corrected chi connectivity index (χ0v) is 10.9. The first-order chi connectivity index (χ1) is 9.74. The number of carboxylic acids is 1. The van der Waals surface area contributed by atoms with E-state index in [1.165, 1.54) is 5.56 Å². The van der Waals surface area contributed by atoms with E-state index < -0.39 is 5.97 Å². The van der Waals surface area contributed by atoms with Crippen LogP contribution in [-0.4, -0.2) is 17.7 Å². The Labute approximate surface area is 117 Å². The van der Waals surface area contributed by atoms with Gasteiger partial charge >= 0.3 is 5.97 Å². The molecule has 1 atom stereocenters. The molecule has 1 heterocycles. The highest BCUT2D eigenvalue weighted by Crippen LogP contribution is 2.26. The molecule has 0 spiro atoms. The van der Waals surface area contributed by atoms with Crippen LogP contribution in [0.4, 0.5) is 0 Å². The van der Waals surface area contributed by atoms with Gasteiger partial charge in [-0.05, 0) is 17.7 Å². The lowest BCUT2D eigenvalue weighted by Crippen LogP contribution is -2.23. The molecule has 2 N–H and O–H groups in total. The molecule has 20 heavy (non-hydrogen) atoms. The maximum Gasteiger partial charge on any atom is 0.335 e. The van der Waals surface area contributed by atoms with Crippen LogP contribution in [0.1, 0.15) is 27.5 Å². The van der Waals surface area contributed by atoms with Gasteiger partial charge in [-0.15, -0.1) is 0 Å². The molecule has 0 bridgehead atoms. The van der Waals surface area contributed by atoms with Crippen LogP contribution in [0.2, 0.25) is 0 Å². The molecular formula is C16H15NO3.